The van der Waals surface area contributed by atoms with Gasteiger partial charge in [-0.3, -0.25) is 4.79 Å². The molecule has 2 aromatic carbocycles. The number of hydrogen-bond donors (Lipinski definition) is 1. The summed E-state index contributed by atoms with van der Waals surface area (Å²) in [5.74, 6) is -0.540. The summed E-state index contributed by atoms with van der Waals surface area (Å²) in [6.07, 6.45) is 3.00. The van der Waals surface area contributed by atoms with Gasteiger partial charge in [0, 0.05) is 24.8 Å². The Hall–Kier alpha value is -3.20. The van der Waals surface area contributed by atoms with Gasteiger partial charge in [-0.05, 0) is 56.2 Å². The van der Waals surface area contributed by atoms with Crippen molar-refractivity contribution in [3.8, 4) is 5.69 Å². The van der Waals surface area contributed by atoms with Crippen LogP contribution in [-0.4, -0.2) is 49.0 Å². The standard InChI is InChI=1S/C24H27FN4O3S/c1-3-33(31,32)20-10-8-19(9-11-20)28-14-12-18(13-15-28)27-24(30)21-16-26-29(17(21)2)23-7-5-4-6-22(23)25/h4-11,16,18H,3,12-15H2,1-2H3,(H,27,30). The van der Waals surface area contributed by atoms with Crippen LogP contribution in [0, 0.1) is 12.7 Å². The zero-order valence-electron chi connectivity index (χ0n) is 18.7. The Bertz CT molecular complexity index is 1250. The minimum Gasteiger partial charge on any atom is -0.371 e. The highest BCUT2D eigenvalue weighted by molar-refractivity contribution is 7.91. The molecule has 1 aromatic heterocycles. The number of para-hydroxylation sites is 1. The molecule has 1 aliphatic heterocycles. The van der Waals surface area contributed by atoms with Gasteiger partial charge in [0.2, 0.25) is 0 Å². The van der Waals surface area contributed by atoms with E-state index in [0.717, 1.165) is 31.6 Å². The first-order valence-corrected chi connectivity index (χ1v) is 12.6. The average Bonchev–Trinajstić information content (AvgIpc) is 3.21. The molecule has 0 bridgehead atoms. The van der Waals surface area contributed by atoms with Crippen molar-refractivity contribution < 1.29 is 17.6 Å². The maximum absolute atomic E-state index is 14.1. The van der Waals surface area contributed by atoms with Crippen molar-refractivity contribution in [3.63, 3.8) is 0 Å². The highest BCUT2D eigenvalue weighted by atomic mass is 32.2. The number of piperidine rings is 1. The van der Waals surface area contributed by atoms with Crippen LogP contribution < -0.4 is 10.2 Å². The first kappa shape index (κ1) is 23.0. The number of rotatable bonds is 6. The van der Waals surface area contributed by atoms with Gasteiger partial charge in [0.1, 0.15) is 11.5 Å². The summed E-state index contributed by atoms with van der Waals surface area (Å²) >= 11 is 0. The zero-order valence-corrected chi connectivity index (χ0v) is 19.5. The average molecular weight is 471 g/mol. The maximum Gasteiger partial charge on any atom is 0.254 e. The van der Waals surface area contributed by atoms with E-state index in [1.807, 2.05) is 12.1 Å². The molecular weight excluding hydrogens is 443 g/mol. The van der Waals surface area contributed by atoms with E-state index in [4.69, 9.17) is 0 Å². The van der Waals surface area contributed by atoms with Crippen LogP contribution in [0.4, 0.5) is 10.1 Å². The highest BCUT2D eigenvalue weighted by Crippen LogP contribution is 2.23. The second kappa shape index (κ2) is 9.35. The third-order valence-corrected chi connectivity index (χ3v) is 7.86. The molecule has 2 heterocycles. The van der Waals surface area contributed by atoms with Crippen LogP contribution in [0.2, 0.25) is 0 Å². The van der Waals surface area contributed by atoms with E-state index in [0.29, 0.717) is 21.8 Å². The van der Waals surface area contributed by atoms with E-state index in [9.17, 15) is 17.6 Å². The van der Waals surface area contributed by atoms with Gasteiger partial charge >= 0.3 is 0 Å². The van der Waals surface area contributed by atoms with E-state index >= 15 is 0 Å². The van der Waals surface area contributed by atoms with E-state index in [2.05, 4.69) is 15.3 Å². The molecule has 0 atom stereocenters. The van der Waals surface area contributed by atoms with E-state index in [1.165, 1.54) is 16.9 Å². The van der Waals surface area contributed by atoms with Crippen LogP contribution in [-0.2, 0) is 9.84 Å². The van der Waals surface area contributed by atoms with Gasteiger partial charge in [0.05, 0.1) is 28.1 Å². The number of amides is 1. The number of hydrogen-bond acceptors (Lipinski definition) is 5. The third-order valence-electron chi connectivity index (χ3n) is 6.11. The number of aromatic nitrogens is 2. The molecule has 1 saturated heterocycles. The minimum atomic E-state index is -3.21. The smallest absolute Gasteiger partial charge is 0.254 e. The first-order valence-electron chi connectivity index (χ1n) is 11.0. The predicted molar refractivity (Wildman–Crippen MR) is 125 cm³/mol. The number of sulfone groups is 1. The Balaban J connectivity index is 1.37. The van der Waals surface area contributed by atoms with Crippen LogP contribution in [0.5, 0.6) is 0 Å². The Morgan fingerprint density at radius 1 is 1.12 bits per heavy atom. The molecule has 0 aliphatic carbocycles. The van der Waals surface area contributed by atoms with Gasteiger partial charge in [0.25, 0.3) is 5.91 Å². The lowest BCUT2D eigenvalue weighted by molar-refractivity contribution is 0.0930. The molecule has 0 saturated carbocycles. The lowest BCUT2D eigenvalue weighted by atomic mass is 10.0. The Morgan fingerprint density at radius 3 is 2.42 bits per heavy atom. The number of anilines is 1. The fourth-order valence-electron chi connectivity index (χ4n) is 4.08. The summed E-state index contributed by atoms with van der Waals surface area (Å²) in [7, 11) is -3.21. The summed E-state index contributed by atoms with van der Waals surface area (Å²) in [4.78, 5) is 15.4. The molecule has 9 heteroatoms. The molecule has 0 spiro atoms. The number of carbonyl (C=O) groups is 1. The minimum absolute atomic E-state index is 0.0182. The van der Waals surface area contributed by atoms with Gasteiger partial charge in [-0.15, -0.1) is 0 Å². The van der Waals surface area contributed by atoms with Crippen molar-refractivity contribution in [1.82, 2.24) is 15.1 Å². The fraction of sp³-hybridized carbons (Fsp3) is 0.333. The molecule has 33 heavy (non-hydrogen) atoms. The number of nitrogens with zero attached hydrogens (tertiary/aromatic N) is 3. The molecule has 174 valence electrons. The van der Waals surface area contributed by atoms with Gasteiger partial charge in [-0.25, -0.2) is 17.5 Å². The molecule has 1 fully saturated rings. The molecule has 3 aromatic rings. The van der Waals surface area contributed by atoms with Gasteiger partial charge in [0.15, 0.2) is 9.84 Å². The topological polar surface area (TPSA) is 84.3 Å². The van der Waals surface area contributed by atoms with Crippen molar-refractivity contribution in [2.24, 2.45) is 0 Å². The van der Waals surface area contributed by atoms with Crippen LogP contribution in [0.3, 0.4) is 0 Å². The number of benzene rings is 2. The summed E-state index contributed by atoms with van der Waals surface area (Å²) in [5, 5.41) is 7.28. The normalized spacial score (nSPS) is 14.9. The molecule has 1 N–H and O–H groups in total. The molecular formula is C24H27FN4O3S. The predicted octanol–water partition coefficient (Wildman–Crippen LogP) is 3.51. The summed E-state index contributed by atoms with van der Waals surface area (Å²) in [5.41, 5.74) is 2.28. The fourth-order valence-corrected chi connectivity index (χ4v) is 4.96. The van der Waals surface area contributed by atoms with Crippen molar-refractivity contribution in [2.75, 3.05) is 23.7 Å². The van der Waals surface area contributed by atoms with Gasteiger partial charge < -0.3 is 10.2 Å². The quantitative estimate of drug-likeness (QED) is 0.596. The second-order valence-electron chi connectivity index (χ2n) is 8.14. The maximum atomic E-state index is 14.1. The van der Waals surface area contributed by atoms with Crippen molar-refractivity contribution >= 4 is 21.4 Å². The Kier molecular flexibility index (Phi) is 6.51. The lowest BCUT2D eigenvalue weighted by Gasteiger charge is -2.34. The number of carbonyl (C=O) groups excluding carboxylic acids is 1. The SMILES string of the molecule is CCS(=O)(=O)c1ccc(N2CCC(NC(=O)c3cnn(-c4ccccc4F)c3C)CC2)cc1. The molecule has 4 rings (SSSR count). The van der Waals surface area contributed by atoms with Crippen molar-refractivity contribution in [1.29, 1.82) is 0 Å². The summed E-state index contributed by atoms with van der Waals surface area (Å²) in [6.45, 7) is 4.88. The van der Waals surface area contributed by atoms with Crippen molar-refractivity contribution in [2.45, 2.75) is 37.6 Å². The summed E-state index contributed by atoms with van der Waals surface area (Å²) < 4.78 is 39.5. The molecule has 0 unspecified atom stereocenters. The van der Waals surface area contributed by atoms with Crippen LogP contribution in [0.25, 0.3) is 5.69 Å². The van der Waals surface area contributed by atoms with Crippen molar-refractivity contribution in [3.05, 3.63) is 71.8 Å². The first-order chi connectivity index (χ1) is 15.8. The van der Waals surface area contributed by atoms with E-state index in [1.54, 1.807) is 44.2 Å². The Morgan fingerprint density at radius 2 is 1.79 bits per heavy atom. The monoisotopic (exact) mass is 470 g/mol. The molecule has 7 nitrogen and oxygen atoms in total. The third kappa shape index (κ3) is 4.78. The van der Waals surface area contributed by atoms with Gasteiger partial charge in [-0.2, -0.15) is 5.10 Å². The van der Waals surface area contributed by atoms with Crippen LogP contribution >= 0.6 is 0 Å². The van der Waals surface area contributed by atoms with Crippen LogP contribution in [0.15, 0.2) is 59.6 Å². The zero-order chi connectivity index (χ0) is 23.6. The largest absolute Gasteiger partial charge is 0.371 e. The number of halogens is 1. The Labute approximate surface area is 193 Å². The highest BCUT2D eigenvalue weighted by Gasteiger charge is 2.24. The molecule has 1 aliphatic rings. The van der Waals surface area contributed by atoms with Crippen LogP contribution in [0.1, 0.15) is 35.8 Å². The number of nitrogens with one attached hydrogen (secondary N) is 1. The molecule has 1 amide bonds. The lowest BCUT2D eigenvalue weighted by Crippen LogP contribution is -2.44. The second-order valence-corrected chi connectivity index (χ2v) is 10.4. The van der Waals surface area contributed by atoms with E-state index in [-0.39, 0.29) is 17.7 Å². The van der Waals surface area contributed by atoms with Gasteiger partial charge in [-0.1, -0.05) is 19.1 Å². The summed E-state index contributed by atoms with van der Waals surface area (Å²) in [6, 6.07) is 13.3. The molecule has 0 radical (unpaired) electrons. The van der Waals surface area contributed by atoms with E-state index < -0.39 is 15.7 Å².